The monoisotopic (exact) mass is 1180 g/mol. The van der Waals surface area contributed by atoms with E-state index in [1.807, 2.05) is 45.0 Å². The molecule has 2 aromatic heterocycles. The number of esters is 1. The number of aromatic nitrogens is 2. The summed E-state index contributed by atoms with van der Waals surface area (Å²) in [4.78, 5) is 67.4. The van der Waals surface area contributed by atoms with Crippen LogP contribution in [0.15, 0.2) is 72.9 Å². The first-order chi connectivity index (χ1) is 40.4. The van der Waals surface area contributed by atoms with E-state index in [1.165, 1.54) is 16.2 Å². The first kappa shape index (κ1) is 61.3. The molecule has 6 atom stereocenters. The van der Waals surface area contributed by atoms with Crippen molar-refractivity contribution in [1.82, 2.24) is 35.1 Å². The smallest absolute Gasteiger partial charge is 0.324 e. The maximum Gasteiger partial charge on any atom is 0.324 e. The van der Waals surface area contributed by atoms with Gasteiger partial charge in [-0.3, -0.25) is 34.1 Å². The van der Waals surface area contributed by atoms with Crippen molar-refractivity contribution >= 4 is 50.1 Å². The number of nitrogens with zero attached hydrogens (tertiary/aromatic N) is 5. The van der Waals surface area contributed by atoms with E-state index in [1.54, 1.807) is 44.6 Å². The van der Waals surface area contributed by atoms with E-state index in [-0.39, 0.29) is 59.8 Å². The van der Waals surface area contributed by atoms with Gasteiger partial charge >= 0.3 is 5.97 Å². The van der Waals surface area contributed by atoms with Crippen molar-refractivity contribution in [2.75, 3.05) is 65.5 Å². The summed E-state index contributed by atoms with van der Waals surface area (Å²) in [5.41, 5.74) is 17.5. The van der Waals surface area contributed by atoms with Crippen LogP contribution in [0.4, 0.5) is 5.69 Å². The second-order valence-electron chi connectivity index (χ2n) is 25.7. The number of nitrogens with two attached hydrogens (primary N) is 1. The molecule has 18 nitrogen and oxygen atoms in total. The van der Waals surface area contributed by atoms with Crippen LogP contribution in [0.5, 0.6) is 5.75 Å². The lowest BCUT2D eigenvalue weighted by Crippen LogP contribution is -2.62. The molecule has 5 aliphatic rings. The van der Waals surface area contributed by atoms with Gasteiger partial charge in [0.2, 0.25) is 5.91 Å². The molecule has 3 saturated heterocycles. The first-order valence-electron chi connectivity index (χ1n) is 30.1. The summed E-state index contributed by atoms with van der Waals surface area (Å²) in [5.74, 6) is 4.32. The number of nitrogen functional groups attached to an aromatic ring is 1. The van der Waals surface area contributed by atoms with Gasteiger partial charge in [-0.1, -0.05) is 63.8 Å². The van der Waals surface area contributed by atoms with Gasteiger partial charge in [0.05, 0.1) is 35.9 Å². The number of nitrogens with one attached hydrogen (secondary N) is 2. The largest absolute Gasteiger partial charge is 0.508 e. The lowest BCUT2D eigenvalue weighted by molar-refractivity contribution is -0.155. The standard InChI is InChI=1S/C66H84N8O10S/c1-10-73-56-20-17-45-34-51(56)53(59(73)52-31-42(38-68-57(52)41(4)82-8)13-11-24-72-26-22-66(23-27-72)35-49(36-66)85(9,80)81)37-65(5,6)39-84-64(79)54-14-12-25-74(70-54)62(77)55(32-43-29-46(45)33-48(75)30-43)69-61(76)58(40(2)3)71(7)63(78)60-50(21-28-83-60)44-15-18-47(67)19-16-44/h15-20,29-31,33-34,38,40-41,49-50,54-55,58,60,70,75H,10,12,14,21-28,32,35-37,39,67H2,1-9H3,(H,69,76)/t41-,50?,54?,55-,58-,60?/m0/s1. The molecular formula is C66H84N8O10S. The van der Waals surface area contributed by atoms with Crippen molar-refractivity contribution in [2.24, 2.45) is 16.7 Å². The van der Waals surface area contributed by atoms with Crippen molar-refractivity contribution in [3.8, 4) is 40.0 Å². The van der Waals surface area contributed by atoms with Gasteiger partial charge in [-0.05, 0) is 160 Å². The number of anilines is 1. The van der Waals surface area contributed by atoms with Crippen LogP contribution in [-0.2, 0) is 62.6 Å². The fourth-order valence-corrected chi connectivity index (χ4v) is 15.0. The number of hydrogen-bond acceptors (Lipinski definition) is 14. The Morgan fingerprint density at radius 3 is 2.44 bits per heavy atom. The number of sulfone groups is 1. The van der Waals surface area contributed by atoms with Gasteiger partial charge in [0, 0.05) is 91.8 Å². The number of methoxy groups -OCH3 is 1. The third kappa shape index (κ3) is 13.1. The summed E-state index contributed by atoms with van der Waals surface area (Å²) in [6.45, 7) is 15.5. The van der Waals surface area contributed by atoms with Crippen molar-refractivity contribution in [3.63, 3.8) is 0 Å². The molecule has 5 N–H and O–H groups in total. The number of aromatic hydroxyl groups is 1. The van der Waals surface area contributed by atoms with Crippen molar-refractivity contribution in [3.05, 3.63) is 101 Å². The number of rotatable bonds is 12. The van der Waals surface area contributed by atoms with Crippen molar-refractivity contribution in [1.29, 1.82) is 0 Å². The number of phenols is 1. The SMILES string of the molecule is CCn1c(-c2cc(C#CCN3CCC4(CC3)CC(S(C)(=O)=O)C4)cnc2[C@H](C)OC)c2c3cc(ccc31)-c1cc(O)cc(c1)C[C@H](NC(=O)[C@H](C(C)C)N(C)C(=O)C1OCCC1c1ccc(N)cc1)C(=O)N1CCCC(N1)C(=O)OCC(C)(C)C2. The van der Waals surface area contributed by atoms with E-state index >= 15 is 0 Å². The summed E-state index contributed by atoms with van der Waals surface area (Å²) in [6, 6.07) is 17.9. The normalized spacial score (nSPS) is 22.7. The van der Waals surface area contributed by atoms with Gasteiger partial charge in [0.25, 0.3) is 11.8 Å². The highest BCUT2D eigenvalue weighted by atomic mass is 32.2. The number of cyclic esters (lactones) is 1. The van der Waals surface area contributed by atoms with Crippen LogP contribution in [0.3, 0.4) is 0 Å². The number of aryl methyl sites for hydroxylation is 1. The number of pyridine rings is 1. The number of hydrazine groups is 1. The number of piperidine rings is 1. The number of carbonyl (C=O) groups is 4. The van der Waals surface area contributed by atoms with Crippen molar-refractivity contribution in [2.45, 2.75) is 147 Å². The molecule has 454 valence electrons. The summed E-state index contributed by atoms with van der Waals surface area (Å²) in [5, 5.41) is 16.8. The zero-order valence-electron chi connectivity index (χ0n) is 50.7. The summed E-state index contributed by atoms with van der Waals surface area (Å²) < 4.78 is 45.0. The van der Waals surface area contributed by atoms with E-state index in [4.69, 9.17) is 24.9 Å². The molecule has 3 aromatic carbocycles. The third-order valence-electron chi connectivity index (χ3n) is 18.5. The van der Waals surface area contributed by atoms with Gasteiger partial charge in [0.1, 0.15) is 39.8 Å². The number of likely N-dealkylation sites (tertiary alicyclic amines) is 1. The lowest BCUT2D eigenvalue weighted by atomic mass is 9.63. The van der Waals surface area contributed by atoms with Gasteiger partial charge < -0.3 is 39.8 Å². The molecule has 3 amide bonds. The minimum Gasteiger partial charge on any atom is -0.508 e. The molecule has 4 fully saturated rings. The molecule has 85 heavy (non-hydrogen) atoms. The third-order valence-corrected chi connectivity index (χ3v) is 20.0. The Kier molecular flexibility index (Phi) is 17.9. The molecule has 1 saturated carbocycles. The number of fused-ring (bicyclic) bond motifs is 6. The Balaban J connectivity index is 0.996. The van der Waals surface area contributed by atoms with Crippen LogP contribution in [0, 0.1) is 28.6 Å². The lowest BCUT2D eigenvalue weighted by Gasteiger charge is -2.51. The van der Waals surface area contributed by atoms with E-state index in [0.717, 1.165) is 88.9 Å². The fourth-order valence-electron chi connectivity index (χ4n) is 13.7. The zero-order chi connectivity index (χ0) is 60.7. The summed E-state index contributed by atoms with van der Waals surface area (Å²) in [7, 11) is 0.246. The summed E-state index contributed by atoms with van der Waals surface area (Å²) in [6.07, 6.45) is 7.32. The van der Waals surface area contributed by atoms with E-state index in [9.17, 15) is 32.7 Å². The minimum absolute atomic E-state index is 0.0308. The van der Waals surface area contributed by atoms with Gasteiger partial charge in [-0.25, -0.2) is 13.8 Å². The predicted molar refractivity (Wildman–Crippen MR) is 328 cm³/mol. The van der Waals surface area contributed by atoms with E-state index in [0.29, 0.717) is 62.2 Å². The fraction of sp³-hybridized carbons (Fsp3) is 0.530. The average molecular weight is 1180 g/mol. The van der Waals surface area contributed by atoms with Crippen LogP contribution >= 0.6 is 0 Å². The molecule has 6 heterocycles. The molecule has 1 spiro atoms. The number of carbonyl (C=O) groups excluding carboxylic acids is 4. The highest BCUT2D eigenvalue weighted by molar-refractivity contribution is 7.91. The predicted octanol–water partition coefficient (Wildman–Crippen LogP) is 7.73. The molecular weight excluding hydrogens is 1100 g/mol. The Labute approximate surface area is 500 Å². The number of amides is 3. The molecule has 4 aliphatic heterocycles. The van der Waals surface area contributed by atoms with Crippen LogP contribution < -0.4 is 16.5 Å². The van der Waals surface area contributed by atoms with Gasteiger partial charge in [-0.15, -0.1) is 0 Å². The number of likely N-dealkylation sites (N-methyl/N-ethyl adjacent to an activating group) is 1. The number of ether oxygens (including phenoxy) is 3. The first-order valence-corrected chi connectivity index (χ1v) is 32.1. The Morgan fingerprint density at radius 1 is 1.00 bits per heavy atom. The number of phenolic OH excluding ortho intramolecular Hbond substituents is 1. The highest BCUT2D eigenvalue weighted by Crippen LogP contribution is 2.51. The molecule has 6 bridgehead atoms. The molecule has 0 radical (unpaired) electrons. The maximum atomic E-state index is 15.0. The van der Waals surface area contributed by atoms with E-state index in [2.05, 4.69) is 71.0 Å². The minimum atomic E-state index is -3.02. The molecule has 5 aromatic rings. The zero-order valence-corrected chi connectivity index (χ0v) is 51.5. The quantitative estimate of drug-likeness (QED) is 0.0533. The second kappa shape index (κ2) is 24.9. The van der Waals surface area contributed by atoms with Gasteiger partial charge in [-0.2, -0.15) is 0 Å². The molecule has 19 heteroatoms. The number of benzene rings is 3. The van der Waals surface area contributed by atoms with Crippen LogP contribution in [-0.4, -0.2) is 151 Å². The van der Waals surface area contributed by atoms with Crippen LogP contribution in [0.1, 0.15) is 126 Å². The summed E-state index contributed by atoms with van der Waals surface area (Å²) >= 11 is 0. The average Bonchev–Trinajstić information content (AvgIpc) is 2.47. The molecule has 1 aliphatic carbocycles. The van der Waals surface area contributed by atoms with Crippen LogP contribution in [0.25, 0.3) is 33.3 Å². The van der Waals surface area contributed by atoms with Crippen molar-refractivity contribution < 1.29 is 46.9 Å². The number of hydrogen-bond donors (Lipinski definition) is 4. The van der Waals surface area contributed by atoms with Gasteiger partial charge in [0.15, 0.2) is 0 Å². The topological polar surface area (TPSA) is 228 Å². The Hall–Kier alpha value is -6.82. The second-order valence-corrected chi connectivity index (χ2v) is 28.0. The highest BCUT2D eigenvalue weighted by Gasteiger charge is 2.49. The Morgan fingerprint density at radius 2 is 1.74 bits per heavy atom. The van der Waals surface area contributed by atoms with E-state index < -0.39 is 57.3 Å². The van der Waals surface area contributed by atoms with Crippen LogP contribution in [0.2, 0.25) is 0 Å². The molecule has 3 unspecified atom stereocenters. The maximum absolute atomic E-state index is 15.0. The Bertz CT molecular complexity index is 3520. The molecule has 10 rings (SSSR count).